The van der Waals surface area contributed by atoms with Crippen molar-refractivity contribution in [1.82, 2.24) is 15.5 Å². The molecule has 1 aliphatic heterocycles. The van der Waals surface area contributed by atoms with E-state index in [1.54, 1.807) is 12.1 Å². The summed E-state index contributed by atoms with van der Waals surface area (Å²) in [7, 11) is 0. The fourth-order valence-corrected chi connectivity index (χ4v) is 4.02. The van der Waals surface area contributed by atoms with Crippen LogP contribution in [0.5, 0.6) is 0 Å². The highest BCUT2D eigenvalue weighted by Gasteiger charge is 2.45. The Bertz CT molecular complexity index is 1070. The molecule has 0 spiro atoms. The molecule has 2 heterocycles. The first kappa shape index (κ1) is 17.6. The molecule has 0 radical (unpaired) electrons. The van der Waals surface area contributed by atoms with Crippen LogP contribution in [0.4, 0.5) is 5.69 Å². The zero-order chi connectivity index (χ0) is 19.8. The fourth-order valence-electron chi connectivity index (χ4n) is 4.02. The third-order valence-corrected chi connectivity index (χ3v) is 5.76. The molecule has 1 unspecified atom stereocenters. The summed E-state index contributed by atoms with van der Waals surface area (Å²) in [5.41, 5.74) is 1.70. The Morgan fingerprint density at radius 1 is 1.10 bits per heavy atom. The quantitative estimate of drug-likeness (QED) is 0.714. The number of benzene rings is 2. The predicted molar refractivity (Wildman–Crippen MR) is 105 cm³/mol. The number of hydrogen-bond donors (Lipinski definition) is 2. The van der Waals surface area contributed by atoms with Crippen LogP contribution in [0.15, 0.2) is 59.1 Å². The van der Waals surface area contributed by atoms with E-state index in [4.69, 9.17) is 4.52 Å². The van der Waals surface area contributed by atoms with Crippen molar-refractivity contribution in [2.45, 2.75) is 37.1 Å². The first-order valence-corrected chi connectivity index (χ1v) is 9.75. The molecule has 0 saturated heterocycles. The zero-order valence-electron chi connectivity index (χ0n) is 15.7. The third-order valence-electron chi connectivity index (χ3n) is 5.76. The van der Waals surface area contributed by atoms with Gasteiger partial charge in [0, 0.05) is 17.7 Å². The number of hydrogen-bond acceptors (Lipinski definition) is 5. The lowest BCUT2D eigenvalue weighted by molar-refractivity contribution is -0.116. The van der Waals surface area contributed by atoms with Gasteiger partial charge < -0.3 is 15.2 Å². The smallest absolute Gasteiger partial charge is 0.252 e. The van der Waals surface area contributed by atoms with Crippen molar-refractivity contribution in [2.24, 2.45) is 0 Å². The minimum absolute atomic E-state index is 0.0795. The molecule has 146 valence electrons. The lowest BCUT2D eigenvalue weighted by Gasteiger charge is -2.39. The molecule has 29 heavy (non-hydrogen) atoms. The number of fused-ring (bicyclic) bond motifs is 1. The van der Waals surface area contributed by atoms with Gasteiger partial charge in [-0.25, -0.2) is 0 Å². The van der Waals surface area contributed by atoms with Gasteiger partial charge in [-0.15, -0.1) is 0 Å². The number of nitrogens with zero attached hydrogens (tertiary/aromatic N) is 2. The number of aromatic nitrogens is 2. The zero-order valence-corrected chi connectivity index (χ0v) is 15.7. The number of nitrogens with one attached hydrogen (secondary N) is 2. The summed E-state index contributed by atoms with van der Waals surface area (Å²) in [5.74, 6) is 0.361. The summed E-state index contributed by atoms with van der Waals surface area (Å²) in [6, 6.07) is 16.7. The van der Waals surface area contributed by atoms with Gasteiger partial charge in [-0.1, -0.05) is 41.6 Å². The number of para-hydroxylation sites is 1. The van der Waals surface area contributed by atoms with Gasteiger partial charge in [0.2, 0.25) is 11.8 Å². The van der Waals surface area contributed by atoms with E-state index < -0.39 is 5.54 Å². The maximum atomic E-state index is 12.7. The molecule has 7 heteroatoms. The van der Waals surface area contributed by atoms with E-state index in [0.717, 1.165) is 30.5 Å². The molecule has 5 rings (SSSR count). The van der Waals surface area contributed by atoms with E-state index in [0.29, 0.717) is 17.3 Å². The van der Waals surface area contributed by atoms with Crippen molar-refractivity contribution in [3.8, 4) is 0 Å². The minimum Gasteiger partial charge on any atom is -0.339 e. The Hall–Kier alpha value is -3.48. The van der Waals surface area contributed by atoms with Crippen LogP contribution in [0, 0.1) is 0 Å². The highest BCUT2D eigenvalue weighted by Crippen LogP contribution is 2.42. The predicted octanol–water partition coefficient (Wildman–Crippen LogP) is 3.35. The van der Waals surface area contributed by atoms with Crippen LogP contribution in [0.25, 0.3) is 0 Å². The number of amides is 2. The standard InChI is InChI=1S/C22H20N4O3/c27-18-13-16(15-9-4-5-10-17(15)23-18)20-24-21(26-29-20)22(11-6-12-22)25-19(28)14-7-2-1-3-8-14/h1-5,7-10,16H,6,11-13H2,(H,23,27)(H,25,28). The molecule has 2 N–H and O–H groups in total. The van der Waals surface area contributed by atoms with Crippen LogP contribution in [0.1, 0.15) is 59.2 Å². The monoisotopic (exact) mass is 388 g/mol. The maximum absolute atomic E-state index is 12.7. The van der Waals surface area contributed by atoms with E-state index in [9.17, 15) is 9.59 Å². The van der Waals surface area contributed by atoms with Gasteiger partial charge in [0.25, 0.3) is 5.91 Å². The molecule has 0 bridgehead atoms. The van der Waals surface area contributed by atoms with E-state index >= 15 is 0 Å². The molecule has 2 aliphatic rings. The molecular weight excluding hydrogens is 368 g/mol. The first-order valence-electron chi connectivity index (χ1n) is 9.75. The largest absolute Gasteiger partial charge is 0.339 e. The summed E-state index contributed by atoms with van der Waals surface area (Å²) >= 11 is 0. The Morgan fingerprint density at radius 2 is 1.86 bits per heavy atom. The second-order valence-corrected chi connectivity index (χ2v) is 7.60. The normalized spacial score (nSPS) is 19.6. The molecule has 1 atom stereocenters. The molecule has 1 aliphatic carbocycles. The lowest BCUT2D eigenvalue weighted by atomic mass is 9.76. The topological polar surface area (TPSA) is 97.1 Å². The molecule has 1 aromatic heterocycles. The van der Waals surface area contributed by atoms with Gasteiger partial charge in [0.15, 0.2) is 5.82 Å². The third kappa shape index (κ3) is 3.08. The summed E-state index contributed by atoms with van der Waals surface area (Å²) in [6.45, 7) is 0. The molecule has 3 aromatic rings. The Balaban J connectivity index is 1.43. The van der Waals surface area contributed by atoms with Gasteiger partial charge in [0.05, 0.1) is 5.92 Å². The van der Waals surface area contributed by atoms with E-state index in [-0.39, 0.29) is 24.2 Å². The number of rotatable bonds is 4. The molecule has 2 aromatic carbocycles. The van der Waals surface area contributed by atoms with Gasteiger partial charge >= 0.3 is 0 Å². The first-order chi connectivity index (χ1) is 14.1. The summed E-state index contributed by atoms with van der Waals surface area (Å²) in [4.78, 5) is 29.5. The lowest BCUT2D eigenvalue weighted by Crippen LogP contribution is -2.51. The summed E-state index contributed by atoms with van der Waals surface area (Å²) < 4.78 is 5.59. The number of carbonyl (C=O) groups is 2. The highest BCUT2D eigenvalue weighted by atomic mass is 16.5. The average molecular weight is 388 g/mol. The van der Waals surface area contributed by atoms with Crippen molar-refractivity contribution >= 4 is 17.5 Å². The SMILES string of the molecule is O=C1CC(c2nc(C3(NC(=O)c4ccccc4)CCC3)no2)c2ccccc2N1. The van der Waals surface area contributed by atoms with Crippen molar-refractivity contribution in [3.63, 3.8) is 0 Å². The van der Waals surface area contributed by atoms with Crippen LogP contribution in [-0.4, -0.2) is 22.0 Å². The van der Waals surface area contributed by atoms with Crippen LogP contribution >= 0.6 is 0 Å². The Labute approximate surface area is 167 Å². The fraction of sp³-hybridized carbons (Fsp3) is 0.273. The van der Waals surface area contributed by atoms with Crippen molar-refractivity contribution in [2.75, 3.05) is 5.32 Å². The van der Waals surface area contributed by atoms with Gasteiger partial charge in [-0.2, -0.15) is 4.98 Å². The van der Waals surface area contributed by atoms with Crippen molar-refractivity contribution < 1.29 is 14.1 Å². The second-order valence-electron chi connectivity index (χ2n) is 7.60. The second kappa shape index (κ2) is 6.84. The van der Waals surface area contributed by atoms with Crippen LogP contribution in [0.2, 0.25) is 0 Å². The highest BCUT2D eigenvalue weighted by molar-refractivity contribution is 5.95. The maximum Gasteiger partial charge on any atom is 0.252 e. The van der Waals surface area contributed by atoms with E-state index in [1.165, 1.54) is 0 Å². The van der Waals surface area contributed by atoms with Crippen LogP contribution < -0.4 is 10.6 Å². The van der Waals surface area contributed by atoms with E-state index in [1.807, 2.05) is 42.5 Å². The Morgan fingerprint density at radius 3 is 2.62 bits per heavy atom. The van der Waals surface area contributed by atoms with Gasteiger partial charge in [0.1, 0.15) is 5.54 Å². The molecule has 1 fully saturated rings. The number of carbonyl (C=O) groups excluding carboxylic acids is 2. The number of anilines is 1. The minimum atomic E-state index is -0.620. The van der Waals surface area contributed by atoms with Crippen molar-refractivity contribution in [3.05, 3.63) is 77.4 Å². The Kier molecular flexibility index (Phi) is 4.16. The van der Waals surface area contributed by atoms with Gasteiger partial charge in [-0.05, 0) is 43.0 Å². The van der Waals surface area contributed by atoms with Crippen molar-refractivity contribution in [1.29, 1.82) is 0 Å². The van der Waals surface area contributed by atoms with E-state index in [2.05, 4.69) is 20.8 Å². The molecule has 2 amide bonds. The van der Waals surface area contributed by atoms with Crippen LogP contribution in [-0.2, 0) is 10.3 Å². The average Bonchev–Trinajstić information content (AvgIpc) is 3.20. The molecule has 1 saturated carbocycles. The molecular formula is C22H20N4O3. The van der Waals surface area contributed by atoms with Crippen LogP contribution in [0.3, 0.4) is 0 Å². The van der Waals surface area contributed by atoms with Gasteiger partial charge in [-0.3, -0.25) is 9.59 Å². The summed E-state index contributed by atoms with van der Waals surface area (Å²) in [5, 5.41) is 10.2. The molecule has 7 nitrogen and oxygen atoms in total. The summed E-state index contributed by atoms with van der Waals surface area (Å²) in [6.07, 6.45) is 2.74.